The summed E-state index contributed by atoms with van der Waals surface area (Å²) in [4.78, 5) is 7.09. The predicted octanol–water partition coefficient (Wildman–Crippen LogP) is 3.64. The molecule has 2 heterocycles. The van der Waals surface area contributed by atoms with Crippen molar-refractivity contribution in [1.82, 2.24) is 15.2 Å². The van der Waals surface area contributed by atoms with Gasteiger partial charge in [0.05, 0.1) is 16.5 Å². The molecule has 6 heteroatoms. The fraction of sp³-hybridized carbons (Fsp3) is 0. The minimum absolute atomic E-state index is 0.0188. The summed E-state index contributed by atoms with van der Waals surface area (Å²) in [6, 6.07) is 12.2. The lowest BCUT2D eigenvalue weighted by Gasteiger charge is -1.93. The molecule has 0 saturated carbocycles. The molecule has 0 aliphatic rings. The maximum Gasteiger partial charge on any atom is 0.198 e. The van der Waals surface area contributed by atoms with Gasteiger partial charge in [0.15, 0.2) is 11.7 Å². The number of benzene rings is 2. The maximum absolute atomic E-state index is 13.9. The number of aliphatic imine (C=N–C) groups is 1. The zero-order chi connectivity index (χ0) is 15.1. The maximum atomic E-state index is 13.9. The topological polar surface area (TPSA) is 77.1 Å². The number of aromatic amines is 2. The van der Waals surface area contributed by atoms with Gasteiger partial charge in [-0.3, -0.25) is 5.10 Å². The number of H-pyrrole nitrogens is 2. The van der Waals surface area contributed by atoms with E-state index in [4.69, 9.17) is 0 Å². The van der Waals surface area contributed by atoms with Crippen molar-refractivity contribution in [2.75, 3.05) is 0 Å². The van der Waals surface area contributed by atoms with Gasteiger partial charge >= 0.3 is 0 Å². The number of para-hydroxylation sites is 1. The molecule has 22 heavy (non-hydrogen) atoms. The zero-order valence-electron chi connectivity index (χ0n) is 11.3. The highest BCUT2D eigenvalue weighted by Gasteiger charge is 2.11. The first-order valence-corrected chi connectivity index (χ1v) is 6.70. The van der Waals surface area contributed by atoms with E-state index in [2.05, 4.69) is 20.2 Å². The van der Waals surface area contributed by atoms with E-state index in [-0.39, 0.29) is 17.5 Å². The van der Waals surface area contributed by atoms with Crippen LogP contribution in [-0.4, -0.2) is 26.5 Å². The predicted molar refractivity (Wildman–Crippen MR) is 83.3 cm³/mol. The molecule has 0 unspecified atom stereocenters. The van der Waals surface area contributed by atoms with Crippen LogP contribution in [0.15, 0.2) is 47.5 Å². The number of aromatic nitrogens is 3. The van der Waals surface area contributed by atoms with E-state index in [1.165, 1.54) is 12.3 Å². The van der Waals surface area contributed by atoms with Crippen LogP contribution in [-0.2, 0) is 0 Å². The second-order valence-corrected chi connectivity index (χ2v) is 4.90. The minimum atomic E-state index is -0.387. The van der Waals surface area contributed by atoms with Crippen LogP contribution in [0.5, 0.6) is 5.88 Å². The molecule has 0 fully saturated rings. The van der Waals surface area contributed by atoms with Crippen molar-refractivity contribution < 1.29 is 9.50 Å². The van der Waals surface area contributed by atoms with Crippen LogP contribution in [0.4, 0.5) is 10.2 Å². The van der Waals surface area contributed by atoms with E-state index in [9.17, 15) is 9.50 Å². The van der Waals surface area contributed by atoms with Crippen molar-refractivity contribution in [2.24, 2.45) is 4.99 Å². The van der Waals surface area contributed by atoms with Crippen molar-refractivity contribution in [3.05, 3.63) is 53.8 Å². The summed E-state index contributed by atoms with van der Waals surface area (Å²) in [6.45, 7) is 0. The minimum Gasteiger partial charge on any atom is -0.494 e. The van der Waals surface area contributed by atoms with Gasteiger partial charge in [-0.05, 0) is 18.2 Å². The van der Waals surface area contributed by atoms with Crippen LogP contribution < -0.4 is 0 Å². The van der Waals surface area contributed by atoms with Gasteiger partial charge in [0.2, 0.25) is 0 Å². The number of aromatic hydroxyl groups is 1. The van der Waals surface area contributed by atoms with Crippen LogP contribution in [0, 0.1) is 5.82 Å². The van der Waals surface area contributed by atoms with Gasteiger partial charge in [0.25, 0.3) is 0 Å². The van der Waals surface area contributed by atoms with Crippen molar-refractivity contribution in [1.29, 1.82) is 0 Å². The van der Waals surface area contributed by atoms with Crippen LogP contribution >= 0.6 is 0 Å². The molecular formula is C16H11FN4O. The molecule has 0 spiro atoms. The Labute approximate surface area is 124 Å². The van der Waals surface area contributed by atoms with E-state index in [1.54, 1.807) is 12.1 Å². The SMILES string of the molecule is Oc1[nH]c2ccccc2c1C=Nc1n[nH]c2cccc(F)c12. The molecule has 2 aromatic heterocycles. The molecule has 0 aliphatic heterocycles. The smallest absolute Gasteiger partial charge is 0.198 e. The molecule has 4 rings (SSSR count). The summed E-state index contributed by atoms with van der Waals surface area (Å²) < 4.78 is 13.9. The number of halogens is 1. The Hall–Kier alpha value is -3.15. The quantitative estimate of drug-likeness (QED) is 0.494. The normalized spacial score (nSPS) is 11.9. The van der Waals surface area contributed by atoms with Gasteiger partial charge in [-0.1, -0.05) is 24.3 Å². The fourth-order valence-corrected chi connectivity index (χ4v) is 2.51. The van der Waals surface area contributed by atoms with Crippen LogP contribution in [0.1, 0.15) is 5.56 Å². The fourth-order valence-electron chi connectivity index (χ4n) is 2.51. The summed E-state index contributed by atoms with van der Waals surface area (Å²) in [5.74, 6) is -0.121. The molecule has 3 N–H and O–H groups in total. The van der Waals surface area contributed by atoms with Crippen molar-refractivity contribution >= 4 is 33.8 Å². The Balaban J connectivity index is 1.84. The number of rotatable bonds is 2. The summed E-state index contributed by atoms with van der Waals surface area (Å²) in [5.41, 5.74) is 1.93. The standard InChI is InChI=1S/C16H11FN4O/c17-11-5-3-7-13-14(11)15(21-20-13)18-8-10-9-4-1-2-6-12(9)19-16(10)22/h1-8,19,22H,(H,20,21). The van der Waals surface area contributed by atoms with E-state index in [1.807, 2.05) is 24.3 Å². The Morgan fingerprint density at radius 1 is 1.09 bits per heavy atom. The van der Waals surface area contributed by atoms with Gasteiger partial charge in [-0.25, -0.2) is 9.38 Å². The summed E-state index contributed by atoms with van der Waals surface area (Å²) in [7, 11) is 0. The number of fused-ring (bicyclic) bond motifs is 2. The first kappa shape index (κ1) is 12.6. The van der Waals surface area contributed by atoms with Gasteiger partial charge in [0, 0.05) is 17.1 Å². The Morgan fingerprint density at radius 3 is 2.82 bits per heavy atom. The van der Waals surface area contributed by atoms with E-state index in [0.717, 1.165) is 10.9 Å². The number of hydrogen-bond donors (Lipinski definition) is 3. The van der Waals surface area contributed by atoms with Gasteiger partial charge < -0.3 is 10.1 Å². The molecule has 108 valence electrons. The van der Waals surface area contributed by atoms with Crippen LogP contribution in [0.3, 0.4) is 0 Å². The molecule has 0 saturated heterocycles. The molecule has 4 aromatic rings. The third-order valence-electron chi connectivity index (χ3n) is 3.56. The average Bonchev–Trinajstić information content (AvgIpc) is 3.06. The monoisotopic (exact) mass is 294 g/mol. The highest BCUT2D eigenvalue weighted by atomic mass is 19.1. The lowest BCUT2D eigenvalue weighted by molar-refractivity contribution is 0.457. The third-order valence-corrected chi connectivity index (χ3v) is 3.56. The second-order valence-electron chi connectivity index (χ2n) is 4.90. The lowest BCUT2D eigenvalue weighted by Crippen LogP contribution is -1.80. The van der Waals surface area contributed by atoms with Gasteiger partial charge in [-0.2, -0.15) is 5.10 Å². The van der Waals surface area contributed by atoms with Crippen LogP contribution in [0.25, 0.3) is 21.8 Å². The molecule has 0 radical (unpaired) electrons. The van der Waals surface area contributed by atoms with Gasteiger partial charge in [-0.15, -0.1) is 0 Å². The zero-order valence-corrected chi connectivity index (χ0v) is 11.3. The molecule has 2 aromatic carbocycles. The number of hydrogen-bond acceptors (Lipinski definition) is 3. The van der Waals surface area contributed by atoms with E-state index < -0.39 is 0 Å². The second kappa shape index (κ2) is 4.70. The Morgan fingerprint density at radius 2 is 1.91 bits per heavy atom. The summed E-state index contributed by atoms with van der Waals surface area (Å²) >= 11 is 0. The molecule has 0 atom stereocenters. The number of nitrogens with one attached hydrogen (secondary N) is 2. The number of nitrogens with zero attached hydrogens (tertiary/aromatic N) is 2. The first-order valence-electron chi connectivity index (χ1n) is 6.70. The third kappa shape index (κ3) is 1.85. The van der Waals surface area contributed by atoms with E-state index in [0.29, 0.717) is 16.5 Å². The molecule has 0 bridgehead atoms. The van der Waals surface area contributed by atoms with E-state index >= 15 is 0 Å². The Kier molecular flexibility index (Phi) is 2.69. The molecular weight excluding hydrogens is 283 g/mol. The van der Waals surface area contributed by atoms with Crippen molar-refractivity contribution in [3.63, 3.8) is 0 Å². The van der Waals surface area contributed by atoms with Crippen molar-refractivity contribution in [2.45, 2.75) is 0 Å². The lowest BCUT2D eigenvalue weighted by atomic mass is 10.2. The van der Waals surface area contributed by atoms with Crippen molar-refractivity contribution in [3.8, 4) is 5.88 Å². The summed E-state index contributed by atoms with van der Waals surface area (Å²) in [5, 5.41) is 17.9. The van der Waals surface area contributed by atoms with Crippen LogP contribution in [0.2, 0.25) is 0 Å². The van der Waals surface area contributed by atoms with Gasteiger partial charge in [0.1, 0.15) is 5.82 Å². The largest absolute Gasteiger partial charge is 0.494 e. The molecule has 0 aliphatic carbocycles. The Bertz CT molecular complexity index is 1020. The molecule has 5 nitrogen and oxygen atoms in total. The average molecular weight is 294 g/mol. The first-order chi connectivity index (χ1) is 10.7. The summed E-state index contributed by atoms with van der Waals surface area (Å²) in [6.07, 6.45) is 1.48. The highest BCUT2D eigenvalue weighted by Crippen LogP contribution is 2.28. The molecule has 0 amide bonds. The highest BCUT2D eigenvalue weighted by molar-refractivity contribution is 6.03.